The lowest BCUT2D eigenvalue weighted by Crippen LogP contribution is -2.71. The van der Waals surface area contributed by atoms with Gasteiger partial charge in [0.1, 0.15) is 12.2 Å². The van der Waals surface area contributed by atoms with Crippen molar-refractivity contribution in [1.29, 1.82) is 0 Å². The molecule has 2 saturated heterocycles. The predicted molar refractivity (Wildman–Crippen MR) is 155 cm³/mol. The highest BCUT2D eigenvalue weighted by Crippen LogP contribution is 2.74. The Balaban J connectivity index is 1.55. The van der Waals surface area contributed by atoms with Crippen LogP contribution in [0.3, 0.4) is 0 Å². The molecule has 5 aliphatic rings. The zero-order valence-corrected chi connectivity index (χ0v) is 26.4. The largest absolute Gasteiger partial charge is 0.472 e. The molecule has 0 bridgehead atoms. The number of carbonyl (C=O) groups is 3. The molecule has 2 aliphatic heterocycles. The number of ether oxygens (including phenoxy) is 5. The molecule has 1 aromatic rings. The summed E-state index contributed by atoms with van der Waals surface area (Å²) in [4.78, 5) is 39.0. The van der Waals surface area contributed by atoms with E-state index in [9.17, 15) is 14.4 Å². The smallest absolute Gasteiger partial charge is 0.333 e. The second kappa shape index (κ2) is 10.3. The van der Waals surface area contributed by atoms with Crippen LogP contribution in [-0.2, 0) is 38.1 Å². The highest BCUT2D eigenvalue weighted by Gasteiger charge is 2.78. The lowest BCUT2D eigenvalue weighted by atomic mass is 9.40. The number of fused-ring (bicyclic) bond motifs is 4. The average Bonchev–Trinajstić information content (AvgIpc) is 3.73. The maximum atomic E-state index is 13.4. The van der Waals surface area contributed by atoms with Crippen LogP contribution in [0.25, 0.3) is 0 Å². The van der Waals surface area contributed by atoms with Crippen molar-refractivity contribution in [2.24, 2.45) is 28.1 Å². The molecular formula is C34H44O9. The van der Waals surface area contributed by atoms with Crippen LogP contribution in [0.4, 0.5) is 0 Å². The monoisotopic (exact) mass is 596 g/mol. The summed E-state index contributed by atoms with van der Waals surface area (Å²) in [6.45, 7) is 13.9. The molecule has 11 atom stereocenters. The maximum Gasteiger partial charge on any atom is 0.333 e. The van der Waals surface area contributed by atoms with Crippen LogP contribution < -0.4 is 0 Å². The quantitative estimate of drug-likeness (QED) is 0.187. The van der Waals surface area contributed by atoms with E-state index < -0.39 is 40.4 Å². The van der Waals surface area contributed by atoms with E-state index in [0.717, 1.165) is 12.0 Å². The fourth-order valence-electron chi connectivity index (χ4n) is 10.0. The average molecular weight is 597 g/mol. The number of allylic oxidation sites excluding steroid dienone is 2. The van der Waals surface area contributed by atoms with Gasteiger partial charge in [-0.1, -0.05) is 32.4 Å². The lowest BCUT2D eigenvalue weighted by molar-refractivity contribution is -0.251. The summed E-state index contributed by atoms with van der Waals surface area (Å²) in [6, 6.07) is 2.00. The van der Waals surface area contributed by atoms with Crippen molar-refractivity contribution < 1.29 is 42.5 Å². The summed E-state index contributed by atoms with van der Waals surface area (Å²) in [6.07, 6.45) is 4.39. The van der Waals surface area contributed by atoms with Crippen LogP contribution in [0.1, 0.15) is 79.2 Å². The molecule has 1 aromatic heterocycles. The van der Waals surface area contributed by atoms with Crippen molar-refractivity contribution in [1.82, 2.24) is 0 Å². The van der Waals surface area contributed by atoms with Crippen LogP contribution in [0.2, 0.25) is 0 Å². The number of furan rings is 1. The molecule has 3 heterocycles. The third kappa shape index (κ3) is 4.13. The number of hydrogen-bond acceptors (Lipinski definition) is 9. The van der Waals surface area contributed by atoms with Gasteiger partial charge in [-0.25, -0.2) is 4.79 Å². The summed E-state index contributed by atoms with van der Waals surface area (Å²) >= 11 is 0. The topological polar surface area (TPSA) is 111 Å². The van der Waals surface area contributed by atoms with Crippen molar-refractivity contribution >= 4 is 17.9 Å². The van der Waals surface area contributed by atoms with E-state index in [0.29, 0.717) is 18.6 Å². The third-order valence-corrected chi connectivity index (χ3v) is 12.0. The first-order valence-corrected chi connectivity index (χ1v) is 15.4. The first kappa shape index (κ1) is 30.1. The number of methoxy groups -OCH3 is 1. The van der Waals surface area contributed by atoms with Gasteiger partial charge in [0, 0.05) is 53.4 Å². The van der Waals surface area contributed by atoms with Gasteiger partial charge in [-0.05, 0) is 50.3 Å². The Morgan fingerprint density at radius 2 is 1.84 bits per heavy atom. The van der Waals surface area contributed by atoms with Crippen LogP contribution in [0.5, 0.6) is 0 Å². The molecule has 0 N–H and O–H groups in total. The minimum absolute atomic E-state index is 0.122. The SMILES string of the molecule is C/C=C(\C)C(=O)O[C@H]1C[C@@H](OC(C)=O)[C@@]2(C)CO[C@@H]3[C@@H]4O[C@@H]5C[C@@H](c6ccoc6)C(C)=C5[C@]4(C)[C@H](CC(=O)OC)[C@@]1(C)[C@@H]32. The van der Waals surface area contributed by atoms with Gasteiger partial charge < -0.3 is 28.1 Å². The van der Waals surface area contributed by atoms with Gasteiger partial charge in [0.2, 0.25) is 0 Å². The molecule has 0 radical (unpaired) electrons. The van der Waals surface area contributed by atoms with Crippen molar-refractivity contribution in [2.75, 3.05) is 13.7 Å². The Labute approximate surface area is 253 Å². The standard InChI is InChI=1S/C34H44O9/c1-9-17(2)31(37)43-25-14-24(41-19(4)35)32(5)16-40-28-29(32)33(25,6)23(13-26(36)38-8)34(7)27-18(3)21(20-10-11-39-15-20)12-22(27)42-30(28)34/h9-11,15,21-25,28-30H,12-14,16H2,1-8H3/b17-9+/t21-,22-,23-,24-,25+,28+,29+,30+,32-,33-,34+/m1/s1. The van der Waals surface area contributed by atoms with Crippen LogP contribution >= 0.6 is 0 Å². The zero-order chi connectivity index (χ0) is 31.1. The van der Waals surface area contributed by atoms with E-state index in [1.165, 1.54) is 25.2 Å². The van der Waals surface area contributed by atoms with Gasteiger partial charge in [-0.2, -0.15) is 0 Å². The molecule has 0 spiro atoms. The molecule has 234 valence electrons. The van der Waals surface area contributed by atoms with E-state index in [4.69, 9.17) is 28.1 Å². The summed E-state index contributed by atoms with van der Waals surface area (Å²) in [5.41, 5.74) is 2.08. The Kier molecular flexibility index (Phi) is 7.24. The van der Waals surface area contributed by atoms with Gasteiger partial charge in [0.25, 0.3) is 0 Å². The number of rotatable bonds is 6. The van der Waals surface area contributed by atoms with E-state index in [2.05, 4.69) is 27.7 Å². The Morgan fingerprint density at radius 3 is 2.47 bits per heavy atom. The molecule has 9 heteroatoms. The normalized spacial score (nSPS) is 43.1. The van der Waals surface area contributed by atoms with Gasteiger partial charge in [-0.15, -0.1) is 0 Å². The first-order valence-electron chi connectivity index (χ1n) is 15.4. The molecule has 0 unspecified atom stereocenters. The van der Waals surface area contributed by atoms with Crippen molar-refractivity contribution in [3.8, 4) is 0 Å². The number of hydrogen-bond donors (Lipinski definition) is 0. The molecule has 9 nitrogen and oxygen atoms in total. The summed E-state index contributed by atoms with van der Waals surface area (Å²) < 4.78 is 36.8. The highest BCUT2D eigenvalue weighted by molar-refractivity contribution is 5.87. The molecule has 6 rings (SSSR count). The van der Waals surface area contributed by atoms with E-state index in [1.807, 2.05) is 6.07 Å². The summed E-state index contributed by atoms with van der Waals surface area (Å²) in [5, 5.41) is 0. The Morgan fingerprint density at radius 1 is 1.09 bits per heavy atom. The minimum atomic E-state index is -0.741. The second-order valence-corrected chi connectivity index (χ2v) is 13.9. The van der Waals surface area contributed by atoms with E-state index in [-0.39, 0.29) is 48.5 Å². The van der Waals surface area contributed by atoms with Gasteiger partial charge in [0.15, 0.2) is 0 Å². The molecule has 0 amide bonds. The van der Waals surface area contributed by atoms with Crippen molar-refractivity contribution in [3.63, 3.8) is 0 Å². The summed E-state index contributed by atoms with van der Waals surface area (Å²) in [5.74, 6) is -1.54. The summed E-state index contributed by atoms with van der Waals surface area (Å²) in [7, 11) is 1.41. The van der Waals surface area contributed by atoms with Crippen molar-refractivity contribution in [2.45, 2.75) is 104 Å². The Hall–Kier alpha value is -2.91. The molecule has 2 saturated carbocycles. The van der Waals surface area contributed by atoms with E-state index >= 15 is 0 Å². The molecule has 4 fully saturated rings. The van der Waals surface area contributed by atoms with Crippen molar-refractivity contribution in [3.05, 3.63) is 47.0 Å². The first-order chi connectivity index (χ1) is 20.3. The molecular weight excluding hydrogens is 552 g/mol. The van der Waals surface area contributed by atoms with Gasteiger partial charge in [-0.3, -0.25) is 9.59 Å². The fraction of sp³-hybridized carbons (Fsp3) is 0.676. The molecule has 43 heavy (non-hydrogen) atoms. The number of esters is 3. The lowest BCUT2D eigenvalue weighted by Gasteiger charge is -2.65. The minimum Gasteiger partial charge on any atom is -0.472 e. The van der Waals surface area contributed by atoms with Crippen LogP contribution in [0, 0.1) is 28.1 Å². The second-order valence-electron chi connectivity index (χ2n) is 13.9. The van der Waals surface area contributed by atoms with Crippen LogP contribution in [0.15, 0.2) is 45.8 Å². The fourth-order valence-corrected chi connectivity index (χ4v) is 10.0. The molecule has 0 aromatic carbocycles. The van der Waals surface area contributed by atoms with Crippen LogP contribution in [-0.4, -0.2) is 62.1 Å². The van der Waals surface area contributed by atoms with Gasteiger partial charge in [0.05, 0.1) is 44.6 Å². The van der Waals surface area contributed by atoms with E-state index in [1.54, 1.807) is 32.4 Å². The zero-order valence-electron chi connectivity index (χ0n) is 26.4. The third-order valence-electron chi connectivity index (χ3n) is 12.0. The highest BCUT2D eigenvalue weighted by atomic mass is 16.6. The number of carbonyl (C=O) groups excluding carboxylic acids is 3. The predicted octanol–water partition coefficient (Wildman–Crippen LogP) is 5.29. The van der Waals surface area contributed by atoms with Gasteiger partial charge >= 0.3 is 17.9 Å². The maximum absolute atomic E-state index is 13.4. The Bertz CT molecular complexity index is 1380. The molecule has 3 aliphatic carbocycles.